The lowest BCUT2D eigenvalue weighted by atomic mass is 9.53. The zero-order valence-electron chi connectivity index (χ0n) is 17.3. The number of carboxylic acid groups (broad SMARTS) is 1. The highest BCUT2D eigenvalue weighted by Gasteiger charge is 2.57. The maximum absolute atomic E-state index is 13.2. The monoisotopic (exact) mass is 401 g/mol. The van der Waals surface area contributed by atoms with Crippen LogP contribution in [0.15, 0.2) is 16.5 Å². The van der Waals surface area contributed by atoms with Crippen molar-refractivity contribution in [2.45, 2.75) is 77.4 Å². The molecule has 4 fully saturated rings. The highest BCUT2D eigenvalue weighted by molar-refractivity contribution is 5.94. The van der Waals surface area contributed by atoms with Gasteiger partial charge < -0.3 is 15.7 Å². The van der Waals surface area contributed by atoms with Crippen LogP contribution in [-0.2, 0) is 4.79 Å². The van der Waals surface area contributed by atoms with Crippen LogP contribution in [0.3, 0.4) is 0 Å². The average Bonchev–Trinajstić information content (AvgIpc) is 3.37. The summed E-state index contributed by atoms with van der Waals surface area (Å²) >= 11 is 0. The van der Waals surface area contributed by atoms with Crippen LogP contribution in [0.2, 0.25) is 0 Å². The van der Waals surface area contributed by atoms with Crippen LogP contribution in [0, 0.1) is 10.8 Å². The van der Waals surface area contributed by atoms with E-state index in [2.05, 4.69) is 24.5 Å². The summed E-state index contributed by atoms with van der Waals surface area (Å²) < 4.78 is 0. The van der Waals surface area contributed by atoms with Gasteiger partial charge in [-0.15, -0.1) is 0 Å². The molecule has 2 atom stereocenters. The molecular formula is C21H31N5O3. The molecule has 0 aromatic heterocycles. The average molecular weight is 402 g/mol. The summed E-state index contributed by atoms with van der Waals surface area (Å²) in [5.74, 6) is 1.23. The highest BCUT2D eigenvalue weighted by Crippen LogP contribution is 2.58. The highest BCUT2D eigenvalue weighted by atomic mass is 16.4. The number of hydrogen-bond acceptors (Lipinski definition) is 5. The molecule has 0 radical (unpaired) electrons. The summed E-state index contributed by atoms with van der Waals surface area (Å²) in [6, 6.07) is 0.314. The number of aliphatic imine (C=N–C) groups is 1. The largest absolute Gasteiger partial charge is 0.481 e. The van der Waals surface area contributed by atoms with E-state index in [-0.39, 0.29) is 23.7 Å². The van der Waals surface area contributed by atoms with Gasteiger partial charge in [-0.25, -0.2) is 9.79 Å². The number of carbonyl (C=O) groups excluding carboxylic acids is 1. The summed E-state index contributed by atoms with van der Waals surface area (Å²) in [6.07, 6.45) is 6.31. The van der Waals surface area contributed by atoms with Crippen molar-refractivity contribution in [3.63, 3.8) is 0 Å². The van der Waals surface area contributed by atoms with Gasteiger partial charge in [-0.3, -0.25) is 14.6 Å². The zero-order valence-corrected chi connectivity index (χ0v) is 17.3. The van der Waals surface area contributed by atoms with Crippen LogP contribution in [0.5, 0.6) is 0 Å². The molecule has 0 aromatic carbocycles. The fraction of sp³-hybridized carbons (Fsp3) is 0.762. The molecule has 6 aliphatic rings. The number of nitrogens with one attached hydrogen (secondary N) is 2. The Hall–Kier alpha value is -2.25. The Morgan fingerprint density at radius 1 is 1.21 bits per heavy atom. The molecule has 6 rings (SSSR count). The van der Waals surface area contributed by atoms with E-state index in [9.17, 15) is 14.7 Å². The number of urea groups is 1. The third-order valence-electron chi connectivity index (χ3n) is 7.96. The molecular weight excluding hydrogens is 370 g/mol. The van der Waals surface area contributed by atoms with Gasteiger partial charge in [0.15, 0.2) is 6.17 Å². The number of amidine groups is 1. The first kappa shape index (κ1) is 18.8. The van der Waals surface area contributed by atoms with E-state index in [1.54, 1.807) is 0 Å². The molecule has 1 saturated heterocycles. The predicted molar refractivity (Wildman–Crippen MR) is 108 cm³/mol. The second-order valence-electron chi connectivity index (χ2n) is 9.44. The Morgan fingerprint density at radius 3 is 2.48 bits per heavy atom. The smallest absolute Gasteiger partial charge is 0.327 e. The molecule has 29 heavy (non-hydrogen) atoms. The van der Waals surface area contributed by atoms with Crippen molar-refractivity contribution < 1.29 is 14.7 Å². The summed E-state index contributed by atoms with van der Waals surface area (Å²) in [5, 5.41) is 16.9. The van der Waals surface area contributed by atoms with Gasteiger partial charge in [0.2, 0.25) is 0 Å². The summed E-state index contributed by atoms with van der Waals surface area (Å²) in [7, 11) is 0. The Balaban J connectivity index is 1.47. The maximum Gasteiger partial charge on any atom is 0.327 e. The minimum Gasteiger partial charge on any atom is -0.481 e. The van der Waals surface area contributed by atoms with Gasteiger partial charge in [-0.05, 0) is 51.4 Å². The maximum atomic E-state index is 13.2. The van der Waals surface area contributed by atoms with Crippen molar-refractivity contribution >= 4 is 17.8 Å². The van der Waals surface area contributed by atoms with Gasteiger partial charge in [0, 0.05) is 24.5 Å². The molecule has 2 amide bonds. The van der Waals surface area contributed by atoms with Crippen LogP contribution >= 0.6 is 0 Å². The minimum atomic E-state index is -0.637. The first-order valence-corrected chi connectivity index (χ1v) is 11.1. The van der Waals surface area contributed by atoms with E-state index in [0.717, 1.165) is 68.7 Å². The van der Waals surface area contributed by atoms with Crippen LogP contribution in [0.25, 0.3) is 0 Å². The lowest BCUT2D eigenvalue weighted by Gasteiger charge is -2.51. The van der Waals surface area contributed by atoms with Gasteiger partial charge >= 0.3 is 12.0 Å². The lowest BCUT2D eigenvalue weighted by molar-refractivity contribution is -0.156. The molecule has 3 N–H and O–H groups in total. The van der Waals surface area contributed by atoms with Crippen molar-refractivity contribution in [3.05, 3.63) is 11.5 Å². The molecule has 3 heterocycles. The molecule has 3 aliphatic carbocycles. The molecule has 1 unspecified atom stereocenters. The first-order valence-electron chi connectivity index (χ1n) is 11.1. The molecule has 2 bridgehead atoms. The number of rotatable bonds is 5. The van der Waals surface area contributed by atoms with Crippen LogP contribution in [0.1, 0.15) is 65.2 Å². The second-order valence-corrected chi connectivity index (χ2v) is 9.44. The van der Waals surface area contributed by atoms with E-state index in [4.69, 9.17) is 4.99 Å². The fourth-order valence-corrected chi connectivity index (χ4v) is 5.92. The molecule has 158 valence electrons. The van der Waals surface area contributed by atoms with E-state index in [1.807, 2.05) is 9.80 Å². The van der Waals surface area contributed by atoms with E-state index in [0.29, 0.717) is 13.1 Å². The molecule has 8 nitrogen and oxygen atoms in total. The van der Waals surface area contributed by atoms with Crippen molar-refractivity contribution in [1.29, 1.82) is 0 Å². The van der Waals surface area contributed by atoms with E-state index < -0.39 is 11.4 Å². The second kappa shape index (κ2) is 6.37. The first-order chi connectivity index (χ1) is 13.9. The topological polar surface area (TPSA) is 97.3 Å². The van der Waals surface area contributed by atoms with Crippen molar-refractivity contribution in [3.8, 4) is 0 Å². The van der Waals surface area contributed by atoms with Crippen molar-refractivity contribution in [2.75, 3.05) is 13.1 Å². The molecule has 0 aromatic rings. The zero-order chi connectivity index (χ0) is 20.4. The van der Waals surface area contributed by atoms with Gasteiger partial charge in [-0.2, -0.15) is 0 Å². The Kier molecular flexibility index (Phi) is 4.12. The molecule has 3 aliphatic heterocycles. The number of amides is 2. The molecule has 3 saturated carbocycles. The van der Waals surface area contributed by atoms with Crippen molar-refractivity contribution in [1.82, 2.24) is 20.4 Å². The quantitative estimate of drug-likeness (QED) is 0.657. The van der Waals surface area contributed by atoms with Gasteiger partial charge in [0.1, 0.15) is 17.4 Å². The standard InChI is InChI=1S/C21H31N5O3/c1-3-11-25-16-14(15-22-13(4-2)12-26(15)19(25)29)23-17(24-16)20-5-8-21(9-6-20,10-7-20)18(27)28/h13,16,22H,3-12H2,1-2H3,(H,23,24)(H,27,28)/t13-,16?,20?,21?/m0/s1. The Bertz CT molecular complexity index is 795. The Labute approximate surface area is 171 Å². The normalized spacial score (nSPS) is 37.9. The fourth-order valence-electron chi connectivity index (χ4n) is 5.92. The van der Waals surface area contributed by atoms with Crippen LogP contribution in [-0.4, -0.2) is 58.0 Å². The van der Waals surface area contributed by atoms with E-state index in [1.165, 1.54) is 0 Å². The molecule has 0 spiro atoms. The van der Waals surface area contributed by atoms with E-state index >= 15 is 0 Å². The number of carboxylic acids is 1. The third kappa shape index (κ3) is 2.53. The lowest BCUT2D eigenvalue weighted by Crippen LogP contribution is -2.53. The van der Waals surface area contributed by atoms with Gasteiger partial charge in [-0.1, -0.05) is 13.8 Å². The number of carbonyl (C=O) groups is 2. The van der Waals surface area contributed by atoms with Gasteiger partial charge in [0.05, 0.1) is 5.41 Å². The van der Waals surface area contributed by atoms with Gasteiger partial charge in [0.25, 0.3) is 0 Å². The predicted octanol–water partition coefficient (Wildman–Crippen LogP) is 2.44. The number of hydrogen-bond donors (Lipinski definition) is 3. The minimum absolute atomic E-state index is 0.0422. The number of aliphatic carboxylic acids is 1. The summed E-state index contributed by atoms with van der Waals surface area (Å²) in [5.41, 5.74) is 0.396. The van der Waals surface area contributed by atoms with Crippen LogP contribution in [0.4, 0.5) is 4.79 Å². The Morgan fingerprint density at radius 2 is 1.90 bits per heavy atom. The third-order valence-corrected chi connectivity index (χ3v) is 7.96. The SMILES string of the molecule is CCCN1C(=O)N2C[C@H](CC)NC2=C2NC(C34CCC(C(=O)O)(CC3)CC4)=NC21. The number of nitrogens with zero attached hydrogens (tertiary/aromatic N) is 3. The van der Waals surface area contributed by atoms with Crippen molar-refractivity contribution in [2.24, 2.45) is 15.8 Å². The summed E-state index contributed by atoms with van der Waals surface area (Å²) in [6.45, 7) is 5.60. The van der Waals surface area contributed by atoms with Crippen LogP contribution < -0.4 is 10.6 Å². The number of fused-ring (bicyclic) bond motifs is 5. The summed E-state index contributed by atoms with van der Waals surface area (Å²) in [4.78, 5) is 33.8. The molecule has 8 heteroatoms.